The van der Waals surface area contributed by atoms with E-state index in [1.165, 1.54) is 24.1 Å². The van der Waals surface area contributed by atoms with Gasteiger partial charge in [0.2, 0.25) is 0 Å². The summed E-state index contributed by atoms with van der Waals surface area (Å²) in [6.45, 7) is 7.75. The number of benzene rings is 1. The lowest BCUT2D eigenvalue weighted by Gasteiger charge is -2.31. The number of unbranched alkanes of at least 4 members (excludes halogenated alkanes) is 2. The van der Waals surface area contributed by atoms with Gasteiger partial charge in [0.05, 0.1) is 19.3 Å². The Balaban J connectivity index is 1.72. The topological polar surface area (TPSA) is 46.1 Å². The Labute approximate surface area is 151 Å². The van der Waals surface area contributed by atoms with Crippen LogP contribution in [0.4, 0.5) is 0 Å². The summed E-state index contributed by atoms with van der Waals surface area (Å²) in [6, 6.07) is 6.57. The Morgan fingerprint density at radius 1 is 1.20 bits per heavy atom. The molecule has 0 bridgehead atoms. The molecule has 0 spiro atoms. The molecule has 0 amide bonds. The maximum atomic E-state index is 5.95. The highest BCUT2D eigenvalue weighted by Crippen LogP contribution is 2.36. The van der Waals surface area contributed by atoms with Gasteiger partial charge in [-0.2, -0.15) is 5.10 Å². The maximum Gasteiger partial charge on any atom is 0.161 e. The molecule has 2 heterocycles. The summed E-state index contributed by atoms with van der Waals surface area (Å²) in [7, 11) is 2.19. The Morgan fingerprint density at radius 2 is 2.08 bits per heavy atom. The van der Waals surface area contributed by atoms with Crippen LogP contribution in [0.2, 0.25) is 0 Å². The van der Waals surface area contributed by atoms with Crippen molar-refractivity contribution in [3.8, 4) is 11.5 Å². The Bertz CT molecular complexity index is 603. The SMILES string of the molecule is CCCCCOc1ccc(C2NN=C3CCN(C)CC32)cc1OCC. The highest BCUT2D eigenvalue weighted by Gasteiger charge is 2.36. The van der Waals surface area contributed by atoms with Gasteiger partial charge >= 0.3 is 0 Å². The van der Waals surface area contributed by atoms with Gasteiger partial charge in [0.1, 0.15) is 0 Å². The van der Waals surface area contributed by atoms with Crippen molar-refractivity contribution < 1.29 is 9.47 Å². The third kappa shape index (κ3) is 4.27. The molecule has 1 fully saturated rings. The summed E-state index contributed by atoms with van der Waals surface area (Å²) in [6.07, 6.45) is 4.54. The third-order valence-corrected chi connectivity index (χ3v) is 5.07. The molecule has 2 aliphatic heterocycles. The molecule has 138 valence electrons. The molecule has 25 heavy (non-hydrogen) atoms. The molecule has 2 atom stereocenters. The van der Waals surface area contributed by atoms with Crippen LogP contribution in [0.3, 0.4) is 0 Å². The van der Waals surface area contributed by atoms with Crippen LogP contribution < -0.4 is 14.9 Å². The number of piperidine rings is 1. The fraction of sp³-hybridized carbons (Fsp3) is 0.650. The van der Waals surface area contributed by atoms with E-state index >= 15 is 0 Å². The summed E-state index contributed by atoms with van der Waals surface area (Å²) >= 11 is 0. The van der Waals surface area contributed by atoms with E-state index in [0.717, 1.165) is 44.0 Å². The first-order chi connectivity index (χ1) is 12.2. The summed E-state index contributed by atoms with van der Waals surface area (Å²) in [5.41, 5.74) is 5.88. The number of hydrogen-bond acceptors (Lipinski definition) is 5. The fourth-order valence-corrected chi connectivity index (χ4v) is 3.65. The number of ether oxygens (including phenoxy) is 2. The largest absolute Gasteiger partial charge is 0.490 e. The van der Waals surface area contributed by atoms with E-state index in [4.69, 9.17) is 9.47 Å². The minimum absolute atomic E-state index is 0.228. The second kappa shape index (κ2) is 8.56. The van der Waals surface area contributed by atoms with Crippen molar-refractivity contribution in [3.05, 3.63) is 23.8 Å². The number of likely N-dealkylation sites (tertiary alicyclic amines) is 1. The van der Waals surface area contributed by atoms with Gasteiger partial charge in [-0.25, -0.2) is 0 Å². The summed E-state index contributed by atoms with van der Waals surface area (Å²) in [4.78, 5) is 2.39. The van der Waals surface area contributed by atoms with Crippen LogP contribution in [0.5, 0.6) is 11.5 Å². The molecule has 0 radical (unpaired) electrons. The third-order valence-electron chi connectivity index (χ3n) is 5.07. The summed E-state index contributed by atoms with van der Waals surface area (Å²) in [5, 5.41) is 4.59. The number of nitrogens with zero attached hydrogens (tertiary/aromatic N) is 2. The van der Waals surface area contributed by atoms with E-state index in [2.05, 4.69) is 47.6 Å². The predicted octanol–water partition coefficient (Wildman–Crippen LogP) is 3.61. The molecular formula is C20H31N3O2. The van der Waals surface area contributed by atoms with Crippen LogP contribution in [-0.2, 0) is 0 Å². The highest BCUT2D eigenvalue weighted by atomic mass is 16.5. The average molecular weight is 345 g/mol. The van der Waals surface area contributed by atoms with Gasteiger partial charge in [-0.3, -0.25) is 0 Å². The number of hydrogen-bond donors (Lipinski definition) is 1. The van der Waals surface area contributed by atoms with E-state index in [9.17, 15) is 0 Å². The molecular weight excluding hydrogens is 314 g/mol. The molecule has 1 aromatic rings. The zero-order valence-corrected chi connectivity index (χ0v) is 15.8. The zero-order chi connectivity index (χ0) is 17.6. The molecule has 1 saturated heterocycles. The van der Waals surface area contributed by atoms with Gasteiger partial charge in [0.25, 0.3) is 0 Å². The van der Waals surface area contributed by atoms with Crippen LogP contribution in [-0.4, -0.2) is 44.0 Å². The molecule has 1 aromatic carbocycles. The van der Waals surface area contributed by atoms with Gasteiger partial charge in [0.15, 0.2) is 11.5 Å². The fourth-order valence-electron chi connectivity index (χ4n) is 3.65. The minimum Gasteiger partial charge on any atom is -0.490 e. The van der Waals surface area contributed by atoms with E-state index in [0.29, 0.717) is 12.5 Å². The second-order valence-corrected chi connectivity index (χ2v) is 7.02. The predicted molar refractivity (Wildman–Crippen MR) is 102 cm³/mol. The molecule has 0 aromatic heterocycles. The second-order valence-electron chi connectivity index (χ2n) is 7.02. The van der Waals surface area contributed by atoms with E-state index in [-0.39, 0.29) is 6.04 Å². The summed E-state index contributed by atoms with van der Waals surface area (Å²) in [5.74, 6) is 2.14. The maximum absolute atomic E-state index is 5.95. The lowest BCUT2D eigenvalue weighted by Crippen LogP contribution is -2.39. The molecule has 0 saturated carbocycles. The first-order valence-electron chi connectivity index (χ1n) is 9.63. The number of rotatable bonds is 8. The van der Waals surface area contributed by atoms with Gasteiger partial charge in [0, 0.05) is 31.1 Å². The Hall–Kier alpha value is -1.75. The molecule has 5 heteroatoms. The average Bonchev–Trinajstić information content (AvgIpc) is 3.03. The van der Waals surface area contributed by atoms with E-state index in [1.54, 1.807) is 0 Å². The van der Waals surface area contributed by atoms with E-state index in [1.807, 2.05) is 6.92 Å². The first kappa shape index (κ1) is 18.1. The van der Waals surface area contributed by atoms with Crippen LogP contribution >= 0.6 is 0 Å². The first-order valence-corrected chi connectivity index (χ1v) is 9.63. The monoisotopic (exact) mass is 345 g/mol. The lowest BCUT2D eigenvalue weighted by atomic mass is 9.86. The molecule has 2 aliphatic rings. The van der Waals surface area contributed by atoms with Crippen LogP contribution in [0.15, 0.2) is 23.3 Å². The van der Waals surface area contributed by atoms with Crippen molar-refractivity contribution in [2.45, 2.75) is 45.6 Å². The van der Waals surface area contributed by atoms with Crippen LogP contribution in [0, 0.1) is 5.92 Å². The van der Waals surface area contributed by atoms with Crippen molar-refractivity contribution in [3.63, 3.8) is 0 Å². The lowest BCUT2D eigenvalue weighted by molar-refractivity contribution is 0.266. The molecule has 5 nitrogen and oxygen atoms in total. The summed E-state index contributed by atoms with van der Waals surface area (Å²) < 4.78 is 11.8. The molecule has 0 aliphatic carbocycles. The van der Waals surface area contributed by atoms with Gasteiger partial charge in [-0.05, 0) is 38.1 Å². The standard InChI is InChI=1S/C20H31N3O2/c1-4-6-7-12-25-18-9-8-15(13-19(18)24-5-2)20-16-14-23(3)11-10-17(16)21-22-20/h8-9,13,16,20,22H,4-7,10-12,14H2,1-3H3. The zero-order valence-electron chi connectivity index (χ0n) is 15.8. The molecule has 2 unspecified atom stereocenters. The number of hydrazone groups is 1. The van der Waals surface area contributed by atoms with Crippen molar-refractivity contribution in [1.82, 2.24) is 10.3 Å². The smallest absolute Gasteiger partial charge is 0.161 e. The van der Waals surface area contributed by atoms with Crippen molar-refractivity contribution in [1.29, 1.82) is 0 Å². The van der Waals surface area contributed by atoms with Crippen molar-refractivity contribution in [2.24, 2.45) is 11.0 Å². The van der Waals surface area contributed by atoms with E-state index < -0.39 is 0 Å². The van der Waals surface area contributed by atoms with Crippen LogP contribution in [0.25, 0.3) is 0 Å². The van der Waals surface area contributed by atoms with Gasteiger partial charge in [-0.15, -0.1) is 0 Å². The molecule has 3 rings (SSSR count). The number of nitrogens with one attached hydrogen (secondary N) is 1. The normalized spacial score (nSPS) is 22.9. The Kier molecular flexibility index (Phi) is 6.19. The van der Waals surface area contributed by atoms with Gasteiger partial charge in [-0.1, -0.05) is 25.8 Å². The number of fused-ring (bicyclic) bond motifs is 1. The Morgan fingerprint density at radius 3 is 2.88 bits per heavy atom. The van der Waals surface area contributed by atoms with Crippen molar-refractivity contribution >= 4 is 5.71 Å². The molecule has 1 N–H and O–H groups in total. The minimum atomic E-state index is 0.228. The van der Waals surface area contributed by atoms with Crippen molar-refractivity contribution in [2.75, 3.05) is 33.4 Å². The highest BCUT2D eigenvalue weighted by molar-refractivity contribution is 5.89. The quantitative estimate of drug-likeness (QED) is 0.731. The van der Waals surface area contributed by atoms with Crippen LogP contribution in [0.1, 0.15) is 51.1 Å². The van der Waals surface area contributed by atoms with Gasteiger partial charge < -0.3 is 19.8 Å².